The predicted octanol–water partition coefficient (Wildman–Crippen LogP) is 0.509. The number of fused-ring (bicyclic) bond motifs is 2. The summed E-state index contributed by atoms with van der Waals surface area (Å²) in [5.41, 5.74) is 5.36. The smallest absolute Gasteiger partial charge is 0.232 e. The Morgan fingerprint density at radius 1 is 1.27 bits per heavy atom. The molecule has 1 saturated heterocycles. The highest BCUT2D eigenvalue weighted by Crippen LogP contribution is 2.38. The minimum atomic E-state index is -0.498. The van der Waals surface area contributed by atoms with Crippen LogP contribution >= 0.6 is 0 Å². The lowest BCUT2D eigenvalue weighted by atomic mass is 9.95. The molecule has 1 aliphatic carbocycles. The first-order valence-electron chi connectivity index (χ1n) is 5.52. The molecule has 0 spiro atoms. The maximum Gasteiger partial charge on any atom is 0.232 e. The molecule has 4 nitrogen and oxygen atoms in total. The van der Waals surface area contributed by atoms with Crippen molar-refractivity contribution in [3.05, 3.63) is 0 Å². The van der Waals surface area contributed by atoms with Gasteiger partial charge in [0.25, 0.3) is 0 Å². The van der Waals surface area contributed by atoms with Gasteiger partial charge in [0, 0.05) is 23.9 Å². The second-order valence-corrected chi connectivity index (χ2v) is 5.46. The predicted molar refractivity (Wildman–Crippen MR) is 55.8 cm³/mol. The summed E-state index contributed by atoms with van der Waals surface area (Å²) in [5, 5.41) is 0. The van der Waals surface area contributed by atoms with Gasteiger partial charge >= 0.3 is 0 Å². The van der Waals surface area contributed by atoms with Crippen LogP contribution in [-0.4, -0.2) is 28.8 Å². The molecule has 0 aromatic rings. The number of amides is 2. The van der Waals surface area contributed by atoms with Gasteiger partial charge in [-0.1, -0.05) is 0 Å². The number of hydrogen-bond acceptors (Lipinski definition) is 3. The number of nitrogens with zero attached hydrogens (tertiary/aromatic N) is 1. The monoisotopic (exact) mass is 210 g/mol. The highest BCUT2D eigenvalue weighted by molar-refractivity contribution is 6.00. The third-order valence-electron chi connectivity index (χ3n) is 3.23. The lowest BCUT2D eigenvalue weighted by Gasteiger charge is -2.34. The van der Waals surface area contributed by atoms with Crippen molar-refractivity contribution >= 4 is 11.8 Å². The Balaban J connectivity index is 2.17. The van der Waals surface area contributed by atoms with Gasteiger partial charge in [-0.3, -0.25) is 14.5 Å². The first kappa shape index (κ1) is 10.6. The van der Waals surface area contributed by atoms with Gasteiger partial charge in [0.1, 0.15) is 0 Å². The Bertz CT molecular complexity index is 284. The highest BCUT2D eigenvalue weighted by Gasteiger charge is 2.45. The summed E-state index contributed by atoms with van der Waals surface area (Å²) in [6.07, 6.45) is 2.51. The van der Waals surface area contributed by atoms with Crippen LogP contribution < -0.4 is 5.73 Å². The quantitative estimate of drug-likeness (QED) is 0.675. The van der Waals surface area contributed by atoms with E-state index in [9.17, 15) is 9.59 Å². The van der Waals surface area contributed by atoms with Crippen LogP contribution in [0.1, 0.15) is 33.1 Å². The molecule has 0 radical (unpaired) electrons. The molecular formula is C11H18N2O2. The standard InChI is InChI=1S/C11H18N2O2/c1-11(2,12)6-13-9(14)7-3-4-8(5-7)10(13)15/h7-8H,3-6,12H2,1-2H3. The lowest BCUT2D eigenvalue weighted by molar-refractivity contribution is -0.153. The zero-order valence-electron chi connectivity index (χ0n) is 9.32. The Hall–Kier alpha value is -0.900. The van der Waals surface area contributed by atoms with Crippen molar-refractivity contribution in [3.8, 4) is 0 Å². The molecule has 2 bridgehead atoms. The maximum absolute atomic E-state index is 11.9. The number of carbonyl (C=O) groups is 2. The van der Waals surface area contributed by atoms with E-state index in [0.717, 1.165) is 19.3 Å². The number of carbonyl (C=O) groups excluding carboxylic acids is 2. The molecule has 2 atom stereocenters. The van der Waals surface area contributed by atoms with Gasteiger partial charge in [0.2, 0.25) is 11.8 Å². The molecule has 2 aliphatic rings. The third kappa shape index (κ3) is 1.91. The zero-order valence-corrected chi connectivity index (χ0v) is 9.32. The molecule has 2 unspecified atom stereocenters. The second-order valence-electron chi connectivity index (χ2n) is 5.46. The molecule has 2 N–H and O–H groups in total. The van der Waals surface area contributed by atoms with E-state index >= 15 is 0 Å². The SMILES string of the molecule is CC(C)(N)CN1C(=O)C2CCC(C2)C1=O. The Kier molecular flexibility index (Phi) is 2.34. The topological polar surface area (TPSA) is 63.4 Å². The van der Waals surface area contributed by atoms with Crippen molar-refractivity contribution in [2.24, 2.45) is 17.6 Å². The molecule has 2 fully saturated rings. The van der Waals surface area contributed by atoms with Crippen LogP contribution in [0.15, 0.2) is 0 Å². The van der Waals surface area contributed by atoms with Crippen LogP contribution in [-0.2, 0) is 9.59 Å². The van der Waals surface area contributed by atoms with Crippen LogP contribution in [0.5, 0.6) is 0 Å². The van der Waals surface area contributed by atoms with Crippen LogP contribution in [0.2, 0.25) is 0 Å². The molecule has 0 aromatic heterocycles. The van der Waals surface area contributed by atoms with E-state index in [0.29, 0.717) is 6.54 Å². The number of nitrogens with two attached hydrogens (primary N) is 1. The summed E-state index contributed by atoms with van der Waals surface area (Å²) in [5.74, 6) is 0.143. The van der Waals surface area contributed by atoms with Gasteiger partial charge in [-0.2, -0.15) is 0 Å². The van der Waals surface area contributed by atoms with Gasteiger partial charge in [-0.25, -0.2) is 0 Å². The van der Waals surface area contributed by atoms with Crippen LogP contribution in [0, 0.1) is 11.8 Å². The molecule has 15 heavy (non-hydrogen) atoms. The first-order valence-corrected chi connectivity index (χ1v) is 5.52. The summed E-state index contributed by atoms with van der Waals surface area (Å²) in [6, 6.07) is 0. The Labute approximate surface area is 89.8 Å². The molecule has 1 saturated carbocycles. The number of piperidine rings is 1. The molecular weight excluding hydrogens is 192 g/mol. The summed E-state index contributed by atoms with van der Waals surface area (Å²) < 4.78 is 0. The second kappa shape index (κ2) is 3.30. The largest absolute Gasteiger partial charge is 0.324 e. The summed E-state index contributed by atoms with van der Waals surface area (Å²) >= 11 is 0. The number of rotatable bonds is 2. The molecule has 1 heterocycles. The summed E-state index contributed by atoms with van der Waals surface area (Å²) in [6.45, 7) is 4.02. The van der Waals surface area contributed by atoms with Crippen molar-refractivity contribution in [2.75, 3.05) is 6.54 Å². The minimum absolute atomic E-state index is 0.00715. The van der Waals surface area contributed by atoms with E-state index in [4.69, 9.17) is 5.73 Å². The fourth-order valence-electron chi connectivity index (χ4n) is 2.54. The van der Waals surface area contributed by atoms with Gasteiger partial charge in [0.15, 0.2) is 0 Å². The molecule has 2 amide bonds. The molecule has 2 rings (SSSR count). The number of hydrogen-bond donors (Lipinski definition) is 1. The van der Waals surface area contributed by atoms with Gasteiger partial charge < -0.3 is 5.73 Å². The first-order chi connectivity index (χ1) is 6.88. The molecule has 84 valence electrons. The van der Waals surface area contributed by atoms with Crippen molar-refractivity contribution in [1.29, 1.82) is 0 Å². The van der Waals surface area contributed by atoms with Gasteiger partial charge in [-0.15, -0.1) is 0 Å². The van der Waals surface area contributed by atoms with E-state index in [-0.39, 0.29) is 23.7 Å². The molecule has 0 aromatic carbocycles. The van der Waals surface area contributed by atoms with E-state index in [2.05, 4.69) is 0 Å². The highest BCUT2D eigenvalue weighted by atomic mass is 16.2. The lowest BCUT2D eigenvalue weighted by Crippen LogP contribution is -2.54. The van der Waals surface area contributed by atoms with Crippen molar-refractivity contribution in [2.45, 2.75) is 38.6 Å². The fourth-order valence-corrected chi connectivity index (χ4v) is 2.54. The van der Waals surface area contributed by atoms with E-state index < -0.39 is 5.54 Å². The summed E-state index contributed by atoms with van der Waals surface area (Å²) in [7, 11) is 0. The van der Waals surface area contributed by atoms with Gasteiger partial charge in [-0.05, 0) is 33.1 Å². The normalized spacial score (nSPS) is 31.3. The molecule has 1 aliphatic heterocycles. The van der Waals surface area contributed by atoms with Crippen molar-refractivity contribution in [1.82, 2.24) is 4.90 Å². The number of likely N-dealkylation sites (tertiary alicyclic amines) is 1. The van der Waals surface area contributed by atoms with Crippen LogP contribution in [0.4, 0.5) is 0 Å². The van der Waals surface area contributed by atoms with Crippen LogP contribution in [0.3, 0.4) is 0 Å². The van der Waals surface area contributed by atoms with Crippen LogP contribution in [0.25, 0.3) is 0 Å². The third-order valence-corrected chi connectivity index (χ3v) is 3.23. The average Bonchev–Trinajstić information content (AvgIpc) is 2.54. The zero-order chi connectivity index (χ0) is 11.2. The van der Waals surface area contributed by atoms with Crippen molar-refractivity contribution < 1.29 is 9.59 Å². The fraction of sp³-hybridized carbons (Fsp3) is 0.818. The van der Waals surface area contributed by atoms with E-state index in [1.807, 2.05) is 13.8 Å². The minimum Gasteiger partial charge on any atom is -0.324 e. The molecule has 4 heteroatoms. The maximum atomic E-state index is 11.9. The average molecular weight is 210 g/mol. The Morgan fingerprint density at radius 2 is 1.73 bits per heavy atom. The van der Waals surface area contributed by atoms with Gasteiger partial charge in [0.05, 0.1) is 0 Å². The van der Waals surface area contributed by atoms with E-state index in [1.165, 1.54) is 4.90 Å². The number of imide groups is 1. The van der Waals surface area contributed by atoms with E-state index in [1.54, 1.807) is 0 Å². The Morgan fingerprint density at radius 3 is 2.13 bits per heavy atom. The summed E-state index contributed by atoms with van der Waals surface area (Å²) in [4.78, 5) is 25.2. The van der Waals surface area contributed by atoms with Crippen molar-refractivity contribution in [3.63, 3.8) is 0 Å².